The smallest absolute Gasteiger partial charge is 0.342 e. The summed E-state index contributed by atoms with van der Waals surface area (Å²) in [5.41, 5.74) is -0.00767. The highest BCUT2D eigenvalue weighted by Gasteiger charge is 2.42. The van der Waals surface area contributed by atoms with Gasteiger partial charge < -0.3 is 14.7 Å². The number of carbonyl (C=O) groups is 2. The van der Waals surface area contributed by atoms with Crippen LogP contribution in [0.2, 0.25) is 0 Å². The molecular formula is C16H19NO6S. The Bertz CT molecular complexity index is 756. The van der Waals surface area contributed by atoms with E-state index < -0.39 is 22.4 Å². The van der Waals surface area contributed by atoms with Gasteiger partial charge in [-0.1, -0.05) is 12.1 Å². The fourth-order valence-corrected chi connectivity index (χ4v) is 4.69. The van der Waals surface area contributed by atoms with Crippen LogP contribution in [0, 0.1) is 0 Å². The second-order valence-electron chi connectivity index (χ2n) is 6.18. The highest BCUT2D eigenvalue weighted by atomic mass is 32.2. The maximum atomic E-state index is 12.4. The number of hydrogen-bond donors (Lipinski definition) is 1. The Morgan fingerprint density at radius 2 is 1.88 bits per heavy atom. The van der Waals surface area contributed by atoms with Crippen LogP contribution in [0.1, 0.15) is 29.6 Å². The van der Waals surface area contributed by atoms with Gasteiger partial charge in [-0.3, -0.25) is 4.79 Å². The number of aromatic hydroxyl groups is 1. The second kappa shape index (κ2) is 6.43. The van der Waals surface area contributed by atoms with Crippen molar-refractivity contribution < 1.29 is 27.9 Å². The summed E-state index contributed by atoms with van der Waals surface area (Å²) in [5, 5.41) is 9.62. The Kier molecular flexibility index (Phi) is 4.49. The lowest BCUT2D eigenvalue weighted by Gasteiger charge is -2.28. The topological polar surface area (TPSA) is 101 Å². The minimum absolute atomic E-state index is 0.00767. The van der Waals surface area contributed by atoms with Crippen molar-refractivity contribution in [2.45, 2.75) is 31.3 Å². The number of benzene rings is 1. The molecule has 3 rings (SSSR count). The van der Waals surface area contributed by atoms with Gasteiger partial charge in [-0.2, -0.15) is 0 Å². The van der Waals surface area contributed by atoms with E-state index in [0.29, 0.717) is 6.42 Å². The number of hydrogen-bond acceptors (Lipinski definition) is 6. The van der Waals surface area contributed by atoms with Crippen LogP contribution < -0.4 is 0 Å². The fraction of sp³-hybridized carbons (Fsp3) is 0.500. The quantitative estimate of drug-likeness (QED) is 0.783. The first-order valence-electron chi connectivity index (χ1n) is 7.84. The van der Waals surface area contributed by atoms with Crippen molar-refractivity contribution in [1.82, 2.24) is 4.90 Å². The molecule has 0 aromatic heterocycles. The van der Waals surface area contributed by atoms with E-state index in [0.717, 1.165) is 12.8 Å². The SMILES string of the molecule is O=C(OCC(=O)N(C1CC1)[C@@H]1CCS(=O)(=O)C1)c1ccccc1O. The van der Waals surface area contributed by atoms with E-state index in [-0.39, 0.29) is 40.8 Å². The Balaban J connectivity index is 1.63. The van der Waals surface area contributed by atoms with Crippen LogP contribution in [0.25, 0.3) is 0 Å². The van der Waals surface area contributed by atoms with Crippen LogP contribution in [-0.4, -0.2) is 60.5 Å². The molecule has 1 aromatic carbocycles. The van der Waals surface area contributed by atoms with E-state index in [1.165, 1.54) is 12.1 Å². The predicted octanol–water partition coefficient (Wildman–Crippen LogP) is 0.727. The number of phenols is 1. The molecule has 1 aromatic rings. The van der Waals surface area contributed by atoms with Gasteiger partial charge in [-0.15, -0.1) is 0 Å². The van der Waals surface area contributed by atoms with Gasteiger partial charge in [0, 0.05) is 12.1 Å². The molecule has 130 valence electrons. The molecular weight excluding hydrogens is 334 g/mol. The third-order valence-corrected chi connectivity index (χ3v) is 6.03. The summed E-state index contributed by atoms with van der Waals surface area (Å²) in [7, 11) is -3.09. The zero-order valence-electron chi connectivity index (χ0n) is 13.1. The molecule has 1 amide bonds. The van der Waals surface area contributed by atoms with Crippen molar-refractivity contribution in [3.8, 4) is 5.75 Å². The number of phenolic OH excluding ortho intramolecular Hbond substituents is 1. The molecule has 1 N–H and O–H groups in total. The molecule has 0 bridgehead atoms. The maximum Gasteiger partial charge on any atom is 0.342 e. The normalized spacial score (nSPS) is 22.1. The zero-order chi connectivity index (χ0) is 17.3. The first kappa shape index (κ1) is 16.8. The molecule has 7 nitrogen and oxygen atoms in total. The molecule has 2 fully saturated rings. The van der Waals surface area contributed by atoms with Crippen LogP contribution >= 0.6 is 0 Å². The molecule has 1 saturated carbocycles. The number of amides is 1. The van der Waals surface area contributed by atoms with Crippen LogP contribution in [-0.2, 0) is 19.4 Å². The lowest BCUT2D eigenvalue weighted by molar-refractivity contribution is -0.137. The van der Waals surface area contributed by atoms with Gasteiger partial charge in [0.05, 0.1) is 11.5 Å². The molecule has 1 aliphatic heterocycles. The van der Waals surface area contributed by atoms with Gasteiger partial charge >= 0.3 is 5.97 Å². The van der Waals surface area contributed by atoms with Crippen LogP contribution in [0.3, 0.4) is 0 Å². The van der Waals surface area contributed by atoms with E-state index in [4.69, 9.17) is 4.74 Å². The highest BCUT2D eigenvalue weighted by molar-refractivity contribution is 7.91. The fourth-order valence-electron chi connectivity index (χ4n) is 2.98. The number of carbonyl (C=O) groups excluding carboxylic acids is 2. The number of ether oxygens (including phenoxy) is 1. The molecule has 1 atom stereocenters. The van der Waals surface area contributed by atoms with E-state index in [1.807, 2.05) is 0 Å². The van der Waals surface area contributed by atoms with Gasteiger partial charge in [0.15, 0.2) is 16.4 Å². The van der Waals surface area contributed by atoms with Gasteiger partial charge in [-0.05, 0) is 31.4 Å². The minimum Gasteiger partial charge on any atom is -0.507 e. The number of nitrogens with zero attached hydrogens (tertiary/aromatic N) is 1. The first-order chi connectivity index (χ1) is 11.4. The summed E-state index contributed by atoms with van der Waals surface area (Å²) in [4.78, 5) is 26.0. The number of esters is 1. The van der Waals surface area contributed by atoms with Crippen molar-refractivity contribution in [3.63, 3.8) is 0 Å². The molecule has 1 saturated heterocycles. The number of para-hydroxylation sites is 1. The van der Waals surface area contributed by atoms with Crippen LogP contribution in [0.15, 0.2) is 24.3 Å². The number of rotatable bonds is 5. The Labute approximate surface area is 140 Å². The van der Waals surface area contributed by atoms with Gasteiger partial charge in [0.2, 0.25) is 0 Å². The average molecular weight is 353 g/mol. The van der Waals surface area contributed by atoms with Crippen molar-refractivity contribution in [3.05, 3.63) is 29.8 Å². The summed E-state index contributed by atoms with van der Waals surface area (Å²) in [6, 6.07) is 5.63. The number of sulfone groups is 1. The standard InChI is InChI=1S/C16H19NO6S/c18-14-4-2-1-3-13(14)16(20)23-9-15(19)17(11-5-6-11)12-7-8-24(21,22)10-12/h1-4,11-12,18H,5-10H2/t12-/m1/s1. The van der Waals surface area contributed by atoms with Crippen molar-refractivity contribution >= 4 is 21.7 Å². The molecule has 1 aliphatic carbocycles. The molecule has 0 unspecified atom stereocenters. The lowest BCUT2D eigenvalue weighted by atomic mass is 10.2. The van der Waals surface area contributed by atoms with Crippen molar-refractivity contribution in [1.29, 1.82) is 0 Å². The molecule has 8 heteroatoms. The van der Waals surface area contributed by atoms with E-state index in [1.54, 1.807) is 17.0 Å². The summed E-state index contributed by atoms with van der Waals surface area (Å²) in [6.07, 6.45) is 2.11. The lowest BCUT2D eigenvalue weighted by Crippen LogP contribution is -2.44. The summed E-state index contributed by atoms with van der Waals surface area (Å²) in [5.74, 6) is -1.32. The van der Waals surface area contributed by atoms with Gasteiger partial charge in [0.25, 0.3) is 5.91 Å². The van der Waals surface area contributed by atoms with Crippen molar-refractivity contribution in [2.24, 2.45) is 0 Å². The molecule has 2 aliphatic rings. The monoisotopic (exact) mass is 353 g/mol. The van der Waals surface area contributed by atoms with E-state index in [9.17, 15) is 23.1 Å². The molecule has 0 spiro atoms. The Morgan fingerprint density at radius 1 is 1.17 bits per heavy atom. The summed E-state index contributed by atoms with van der Waals surface area (Å²) < 4.78 is 28.3. The predicted molar refractivity (Wildman–Crippen MR) is 85.3 cm³/mol. The van der Waals surface area contributed by atoms with Crippen LogP contribution in [0.4, 0.5) is 0 Å². The Hall–Kier alpha value is -2.09. The third-order valence-electron chi connectivity index (χ3n) is 4.28. The highest BCUT2D eigenvalue weighted by Crippen LogP contribution is 2.32. The zero-order valence-corrected chi connectivity index (χ0v) is 13.9. The Morgan fingerprint density at radius 3 is 2.46 bits per heavy atom. The largest absolute Gasteiger partial charge is 0.507 e. The summed E-state index contributed by atoms with van der Waals surface area (Å²) >= 11 is 0. The molecule has 24 heavy (non-hydrogen) atoms. The van der Waals surface area contributed by atoms with E-state index in [2.05, 4.69) is 0 Å². The minimum atomic E-state index is -3.09. The van der Waals surface area contributed by atoms with Gasteiger partial charge in [-0.25, -0.2) is 13.2 Å². The van der Waals surface area contributed by atoms with Crippen LogP contribution in [0.5, 0.6) is 5.75 Å². The van der Waals surface area contributed by atoms with Crippen molar-refractivity contribution in [2.75, 3.05) is 18.1 Å². The molecule has 0 radical (unpaired) electrons. The van der Waals surface area contributed by atoms with E-state index >= 15 is 0 Å². The van der Waals surface area contributed by atoms with Gasteiger partial charge in [0.1, 0.15) is 11.3 Å². The maximum absolute atomic E-state index is 12.4. The second-order valence-corrected chi connectivity index (χ2v) is 8.41. The molecule has 1 heterocycles. The average Bonchev–Trinajstić information content (AvgIpc) is 3.29. The first-order valence-corrected chi connectivity index (χ1v) is 9.66. The summed E-state index contributed by atoms with van der Waals surface area (Å²) in [6.45, 7) is -0.458. The third kappa shape index (κ3) is 3.69.